The number of phenolic OH excluding ortho intramolecular Hbond substituents is 1. The molecule has 1 amide bonds. The van der Waals surface area contributed by atoms with Crippen LogP contribution in [0.15, 0.2) is 42.5 Å². The van der Waals surface area contributed by atoms with E-state index in [1.165, 1.54) is 0 Å². The summed E-state index contributed by atoms with van der Waals surface area (Å²) in [5.41, 5.74) is 2.59. The third kappa shape index (κ3) is 4.64. The minimum atomic E-state index is 0.00985. The summed E-state index contributed by atoms with van der Waals surface area (Å²) in [4.78, 5) is 24.6. The number of benzene rings is 2. The molecule has 172 valence electrons. The maximum absolute atomic E-state index is 12.7. The molecule has 1 aromatic heterocycles. The first kappa shape index (κ1) is 21.6. The van der Waals surface area contributed by atoms with Crippen LogP contribution in [-0.2, 0) is 9.53 Å². The average molecular weight is 447 g/mol. The van der Waals surface area contributed by atoms with Crippen LogP contribution in [0.4, 0.5) is 5.82 Å². The van der Waals surface area contributed by atoms with Crippen molar-refractivity contribution in [2.45, 2.75) is 38.7 Å². The van der Waals surface area contributed by atoms with E-state index in [0.717, 1.165) is 67.7 Å². The van der Waals surface area contributed by atoms with Gasteiger partial charge < -0.3 is 20.1 Å². The quantitative estimate of drug-likeness (QED) is 0.620. The zero-order chi connectivity index (χ0) is 22.8. The van der Waals surface area contributed by atoms with Crippen LogP contribution in [0.5, 0.6) is 5.75 Å². The van der Waals surface area contributed by atoms with Crippen LogP contribution in [0.1, 0.15) is 31.2 Å². The van der Waals surface area contributed by atoms with Crippen molar-refractivity contribution in [3.05, 3.63) is 48.0 Å². The van der Waals surface area contributed by atoms with Crippen LogP contribution in [0.3, 0.4) is 0 Å². The molecule has 2 aliphatic heterocycles. The summed E-state index contributed by atoms with van der Waals surface area (Å²) in [6.45, 7) is 4.95. The van der Waals surface area contributed by atoms with E-state index >= 15 is 0 Å². The Kier molecular flexibility index (Phi) is 6.13. The number of fused-ring (bicyclic) bond motifs is 1. The number of carbonyl (C=O) groups excluding carboxylic acids is 1. The first-order valence-corrected chi connectivity index (χ1v) is 11.8. The van der Waals surface area contributed by atoms with Crippen molar-refractivity contribution in [2.24, 2.45) is 5.92 Å². The number of para-hydroxylation sites is 1. The van der Waals surface area contributed by atoms with Gasteiger partial charge in [0.25, 0.3) is 0 Å². The van der Waals surface area contributed by atoms with Gasteiger partial charge in [-0.3, -0.25) is 4.79 Å². The lowest BCUT2D eigenvalue weighted by atomic mass is 9.95. The molecule has 3 heterocycles. The number of amides is 1. The number of hydrogen-bond donors (Lipinski definition) is 2. The topological polar surface area (TPSA) is 87.6 Å². The Balaban J connectivity index is 1.36. The Hall–Kier alpha value is -3.19. The van der Waals surface area contributed by atoms with E-state index in [2.05, 4.69) is 28.4 Å². The number of nitrogens with zero attached hydrogens (tertiary/aromatic N) is 3. The molecule has 2 saturated heterocycles. The molecule has 3 aromatic rings. The molecule has 0 spiro atoms. The molecule has 0 saturated carbocycles. The van der Waals surface area contributed by atoms with Crippen LogP contribution < -0.4 is 10.2 Å². The van der Waals surface area contributed by atoms with Gasteiger partial charge in [-0.05, 0) is 62.4 Å². The maximum Gasteiger partial charge on any atom is 0.223 e. The predicted octanol–water partition coefficient (Wildman–Crippen LogP) is 3.82. The molecule has 33 heavy (non-hydrogen) atoms. The number of rotatable bonds is 5. The van der Waals surface area contributed by atoms with Gasteiger partial charge in [0.2, 0.25) is 5.91 Å². The van der Waals surface area contributed by atoms with Crippen molar-refractivity contribution in [2.75, 3.05) is 31.1 Å². The minimum absolute atomic E-state index is 0.00985. The van der Waals surface area contributed by atoms with Gasteiger partial charge in [0, 0.05) is 37.5 Å². The normalized spacial score (nSPS) is 19.2. The van der Waals surface area contributed by atoms with Crippen LogP contribution in [0.2, 0.25) is 0 Å². The SMILES string of the molecule is Cc1ccc2c(N3CCC(C(=O)NCC4CCCO4)CC3)nc(-c3ccccc3O)nc2c1. The third-order valence-electron chi connectivity index (χ3n) is 6.67. The highest BCUT2D eigenvalue weighted by Gasteiger charge is 2.28. The van der Waals surface area contributed by atoms with Crippen LogP contribution in [-0.4, -0.2) is 53.3 Å². The Bertz CT molecular complexity index is 1150. The summed E-state index contributed by atoms with van der Waals surface area (Å²) < 4.78 is 5.62. The summed E-state index contributed by atoms with van der Waals surface area (Å²) in [7, 11) is 0. The summed E-state index contributed by atoms with van der Waals surface area (Å²) in [5.74, 6) is 1.67. The van der Waals surface area contributed by atoms with Crippen LogP contribution in [0, 0.1) is 12.8 Å². The summed E-state index contributed by atoms with van der Waals surface area (Å²) in [6, 6.07) is 13.3. The Labute approximate surface area is 193 Å². The molecule has 7 heteroatoms. The maximum atomic E-state index is 12.7. The minimum Gasteiger partial charge on any atom is -0.507 e. The van der Waals surface area contributed by atoms with Crippen molar-refractivity contribution in [3.8, 4) is 17.1 Å². The number of piperidine rings is 1. The van der Waals surface area contributed by atoms with E-state index in [0.29, 0.717) is 17.9 Å². The average Bonchev–Trinajstić information content (AvgIpc) is 3.36. The number of aromatic nitrogens is 2. The molecule has 2 N–H and O–H groups in total. The monoisotopic (exact) mass is 446 g/mol. The fraction of sp³-hybridized carbons (Fsp3) is 0.423. The Morgan fingerprint density at radius 2 is 1.97 bits per heavy atom. The number of hydrogen-bond acceptors (Lipinski definition) is 6. The van der Waals surface area contributed by atoms with E-state index < -0.39 is 0 Å². The molecule has 2 aromatic carbocycles. The van der Waals surface area contributed by atoms with E-state index in [-0.39, 0.29) is 23.7 Å². The number of nitrogens with one attached hydrogen (secondary N) is 1. The number of aromatic hydroxyl groups is 1. The van der Waals surface area contributed by atoms with Crippen molar-refractivity contribution in [3.63, 3.8) is 0 Å². The zero-order valence-electron chi connectivity index (χ0n) is 19.0. The second-order valence-corrected chi connectivity index (χ2v) is 9.05. The molecule has 2 aliphatic rings. The molecule has 1 unspecified atom stereocenters. The van der Waals surface area contributed by atoms with Crippen molar-refractivity contribution < 1.29 is 14.6 Å². The second kappa shape index (κ2) is 9.35. The van der Waals surface area contributed by atoms with Crippen molar-refractivity contribution in [1.29, 1.82) is 0 Å². The highest BCUT2D eigenvalue weighted by molar-refractivity contribution is 5.92. The summed E-state index contributed by atoms with van der Waals surface area (Å²) >= 11 is 0. The van der Waals surface area contributed by atoms with E-state index in [1.54, 1.807) is 12.1 Å². The largest absolute Gasteiger partial charge is 0.507 e. The molecule has 7 nitrogen and oxygen atoms in total. The zero-order valence-corrected chi connectivity index (χ0v) is 19.0. The number of aryl methyl sites for hydroxylation is 1. The molecule has 0 radical (unpaired) electrons. The lowest BCUT2D eigenvalue weighted by molar-refractivity contribution is -0.126. The molecule has 0 aliphatic carbocycles. The predicted molar refractivity (Wildman–Crippen MR) is 128 cm³/mol. The van der Waals surface area contributed by atoms with Gasteiger partial charge in [-0.15, -0.1) is 0 Å². The highest BCUT2D eigenvalue weighted by Crippen LogP contribution is 2.33. The highest BCUT2D eigenvalue weighted by atomic mass is 16.5. The fourth-order valence-electron chi connectivity index (χ4n) is 4.76. The van der Waals surface area contributed by atoms with Crippen molar-refractivity contribution in [1.82, 2.24) is 15.3 Å². The standard InChI is InChI=1S/C26H30N4O3/c1-17-8-9-20-22(15-17)28-24(21-6-2-3-7-23(21)31)29-25(20)30-12-10-18(11-13-30)26(32)27-16-19-5-4-14-33-19/h2-3,6-9,15,18-19,31H,4-5,10-14,16H2,1H3,(H,27,32). The lowest BCUT2D eigenvalue weighted by Gasteiger charge is -2.33. The van der Waals surface area contributed by atoms with Gasteiger partial charge in [-0.25, -0.2) is 9.97 Å². The number of ether oxygens (including phenoxy) is 1. The molecule has 5 rings (SSSR count). The molecular formula is C26H30N4O3. The second-order valence-electron chi connectivity index (χ2n) is 9.05. The van der Waals surface area contributed by atoms with Crippen LogP contribution in [0.25, 0.3) is 22.3 Å². The number of carbonyl (C=O) groups is 1. The van der Waals surface area contributed by atoms with Gasteiger partial charge in [0.1, 0.15) is 11.6 Å². The fourth-order valence-corrected chi connectivity index (χ4v) is 4.76. The van der Waals surface area contributed by atoms with Gasteiger partial charge in [0.15, 0.2) is 5.82 Å². The summed E-state index contributed by atoms with van der Waals surface area (Å²) in [5, 5.41) is 14.4. The number of phenols is 1. The van der Waals surface area contributed by atoms with E-state index in [9.17, 15) is 9.90 Å². The Morgan fingerprint density at radius 1 is 1.15 bits per heavy atom. The van der Waals surface area contributed by atoms with Gasteiger partial charge >= 0.3 is 0 Å². The molecule has 1 atom stereocenters. The van der Waals surface area contributed by atoms with Gasteiger partial charge in [-0.1, -0.05) is 18.2 Å². The third-order valence-corrected chi connectivity index (χ3v) is 6.67. The molecule has 2 fully saturated rings. The van der Waals surface area contributed by atoms with E-state index in [1.807, 2.05) is 19.1 Å². The lowest BCUT2D eigenvalue weighted by Crippen LogP contribution is -2.42. The van der Waals surface area contributed by atoms with Gasteiger partial charge in [0.05, 0.1) is 17.2 Å². The van der Waals surface area contributed by atoms with E-state index in [4.69, 9.17) is 14.7 Å². The molecule has 0 bridgehead atoms. The van der Waals surface area contributed by atoms with Crippen LogP contribution >= 0.6 is 0 Å². The summed E-state index contributed by atoms with van der Waals surface area (Å²) in [6.07, 6.45) is 3.82. The van der Waals surface area contributed by atoms with Gasteiger partial charge in [-0.2, -0.15) is 0 Å². The smallest absolute Gasteiger partial charge is 0.223 e. The molecular weight excluding hydrogens is 416 g/mol. The first-order valence-electron chi connectivity index (χ1n) is 11.8. The number of anilines is 1. The van der Waals surface area contributed by atoms with Crippen molar-refractivity contribution >= 4 is 22.6 Å². The Morgan fingerprint density at radius 3 is 2.73 bits per heavy atom. The first-order chi connectivity index (χ1) is 16.1.